The van der Waals surface area contributed by atoms with Crippen molar-refractivity contribution in [3.05, 3.63) is 59.6 Å². The molecule has 3 N–H and O–H groups in total. The largest absolute Gasteiger partial charge is 0.418 e. The van der Waals surface area contributed by atoms with Crippen molar-refractivity contribution in [1.82, 2.24) is 10.3 Å². The summed E-state index contributed by atoms with van der Waals surface area (Å²) in [6.45, 7) is 0.395. The van der Waals surface area contributed by atoms with Gasteiger partial charge in [0.1, 0.15) is 11.7 Å². The molecule has 0 saturated carbocycles. The van der Waals surface area contributed by atoms with Gasteiger partial charge in [-0.05, 0) is 36.4 Å². The highest BCUT2D eigenvalue weighted by atomic mass is 19.4. The number of halogens is 4. The second-order valence-electron chi connectivity index (χ2n) is 5.41. The first-order valence-electron chi connectivity index (χ1n) is 7.41. The number of nitrogens with zero attached hydrogens (tertiary/aromatic N) is 2. The van der Waals surface area contributed by atoms with Gasteiger partial charge >= 0.3 is 6.18 Å². The molecule has 2 aromatic rings. The van der Waals surface area contributed by atoms with Crippen LogP contribution in [0.15, 0.2) is 47.5 Å². The summed E-state index contributed by atoms with van der Waals surface area (Å²) in [6.07, 6.45) is -1.50. The molecule has 26 heavy (non-hydrogen) atoms. The Balaban J connectivity index is 2.09. The zero-order chi connectivity index (χ0) is 18.9. The molecule has 0 atom stereocenters. The predicted molar refractivity (Wildman–Crippen MR) is 88.0 cm³/mol. The average molecular weight is 364 g/mol. The van der Waals surface area contributed by atoms with E-state index in [1.807, 2.05) is 0 Å². The van der Waals surface area contributed by atoms with E-state index in [-0.39, 0.29) is 17.1 Å². The van der Waals surface area contributed by atoms with E-state index in [0.717, 1.165) is 24.3 Å². The quantitative estimate of drug-likeness (QED) is 0.803. The Bertz CT molecular complexity index is 918. The van der Waals surface area contributed by atoms with E-state index >= 15 is 0 Å². The van der Waals surface area contributed by atoms with Crippen molar-refractivity contribution in [1.29, 1.82) is 0 Å². The molecule has 1 aromatic heterocycles. The molecule has 0 aliphatic carbocycles. The molecule has 1 aromatic carbocycles. The summed E-state index contributed by atoms with van der Waals surface area (Å²) in [4.78, 5) is 20.1. The van der Waals surface area contributed by atoms with E-state index in [4.69, 9.17) is 5.73 Å². The Hall–Kier alpha value is -3.23. The molecule has 2 heterocycles. The zero-order valence-electron chi connectivity index (χ0n) is 13.1. The van der Waals surface area contributed by atoms with Crippen LogP contribution in [0, 0.1) is 5.82 Å². The van der Waals surface area contributed by atoms with Crippen molar-refractivity contribution in [3.63, 3.8) is 0 Å². The third kappa shape index (κ3) is 3.56. The Morgan fingerprint density at radius 2 is 1.88 bits per heavy atom. The van der Waals surface area contributed by atoms with Gasteiger partial charge in [-0.15, -0.1) is 0 Å². The van der Waals surface area contributed by atoms with E-state index in [9.17, 15) is 22.4 Å². The summed E-state index contributed by atoms with van der Waals surface area (Å²) in [5.41, 5.74) is 3.20. The number of pyridine rings is 1. The van der Waals surface area contributed by atoms with Crippen LogP contribution in [-0.2, 0) is 6.18 Å². The van der Waals surface area contributed by atoms with Crippen LogP contribution in [0.2, 0.25) is 0 Å². The lowest BCUT2D eigenvalue weighted by Crippen LogP contribution is -2.30. The summed E-state index contributed by atoms with van der Waals surface area (Å²) >= 11 is 0. The SMILES string of the molecule is Nc1cc(C(F)(F)F)c(-c2ccc(F)cc2)nc1C(=O)NC1=NCC=C1. The van der Waals surface area contributed by atoms with Gasteiger partial charge in [0.15, 0.2) is 5.69 Å². The van der Waals surface area contributed by atoms with Gasteiger partial charge in [0.25, 0.3) is 5.91 Å². The third-order valence-electron chi connectivity index (χ3n) is 3.57. The molecule has 134 valence electrons. The Morgan fingerprint density at radius 3 is 2.46 bits per heavy atom. The van der Waals surface area contributed by atoms with Crippen molar-refractivity contribution in [2.24, 2.45) is 4.99 Å². The van der Waals surface area contributed by atoms with Crippen molar-refractivity contribution in [2.45, 2.75) is 6.18 Å². The van der Waals surface area contributed by atoms with Gasteiger partial charge in [-0.25, -0.2) is 9.37 Å². The number of carbonyl (C=O) groups excluding carboxylic acids is 1. The smallest absolute Gasteiger partial charge is 0.397 e. The highest BCUT2D eigenvalue weighted by Gasteiger charge is 2.36. The molecule has 1 aliphatic heterocycles. The zero-order valence-corrected chi connectivity index (χ0v) is 13.1. The Kier molecular flexibility index (Phi) is 4.45. The number of aromatic nitrogens is 1. The van der Waals surface area contributed by atoms with Gasteiger partial charge < -0.3 is 11.1 Å². The number of alkyl halides is 3. The van der Waals surface area contributed by atoms with Gasteiger partial charge in [0.05, 0.1) is 23.5 Å². The van der Waals surface area contributed by atoms with Gasteiger partial charge in [-0.3, -0.25) is 9.79 Å². The lowest BCUT2D eigenvalue weighted by Gasteiger charge is -2.15. The second-order valence-corrected chi connectivity index (χ2v) is 5.41. The van der Waals surface area contributed by atoms with Crippen LogP contribution in [0.4, 0.5) is 23.2 Å². The normalized spacial score (nSPS) is 13.6. The molecule has 0 bridgehead atoms. The average Bonchev–Trinajstić information content (AvgIpc) is 3.07. The van der Waals surface area contributed by atoms with Crippen LogP contribution in [0.5, 0.6) is 0 Å². The number of rotatable bonds is 2. The fourth-order valence-electron chi connectivity index (χ4n) is 2.38. The van der Waals surface area contributed by atoms with Crippen LogP contribution in [0.3, 0.4) is 0 Å². The molecule has 0 fully saturated rings. The molecule has 5 nitrogen and oxygen atoms in total. The van der Waals surface area contributed by atoms with Crippen LogP contribution < -0.4 is 11.1 Å². The number of hydrogen-bond donors (Lipinski definition) is 2. The van der Waals surface area contributed by atoms with Gasteiger partial charge in [0, 0.05) is 5.56 Å². The highest BCUT2D eigenvalue weighted by molar-refractivity contribution is 6.12. The first-order valence-corrected chi connectivity index (χ1v) is 7.41. The number of amidine groups is 1. The fraction of sp³-hybridized carbons (Fsp3) is 0.118. The lowest BCUT2D eigenvalue weighted by atomic mass is 10.0. The maximum Gasteiger partial charge on any atom is 0.418 e. The van der Waals surface area contributed by atoms with Crippen molar-refractivity contribution >= 4 is 17.4 Å². The summed E-state index contributed by atoms with van der Waals surface area (Å²) in [5, 5.41) is 2.42. The molecule has 0 unspecified atom stereocenters. The number of anilines is 1. The molecule has 1 amide bonds. The van der Waals surface area contributed by atoms with Crippen LogP contribution in [0.25, 0.3) is 11.3 Å². The van der Waals surface area contributed by atoms with E-state index < -0.39 is 34.8 Å². The molecular formula is C17H12F4N4O. The van der Waals surface area contributed by atoms with Crippen LogP contribution in [0.1, 0.15) is 16.1 Å². The number of nitrogen functional groups attached to an aromatic ring is 1. The summed E-state index contributed by atoms with van der Waals surface area (Å²) in [7, 11) is 0. The maximum atomic E-state index is 13.4. The summed E-state index contributed by atoms with van der Waals surface area (Å²) in [6, 6.07) is 4.95. The molecule has 3 rings (SSSR count). The van der Waals surface area contributed by atoms with Crippen molar-refractivity contribution in [2.75, 3.05) is 12.3 Å². The molecular weight excluding hydrogens is 352 g/mol. The monoisotopic (exact) mass is 364 g/mol. The van der Waals surface area contributed by atoms with E-state index in [1.165, 1.54) is 0 Å². The minimum atomic E-state index is -4.75. The Morgan fingerprint density at radius 1 is 1.19 bits per heavy atom. The Labute approximate surface area is 145 Å². The third-order valence-corrected chi connectivity index (χ3v) is 3.57. The van der Waals surface area contributed by atoms with Crippen molar-refractivity contribution in [3.8, 4) is 11.3 Å². The molecule has 0 radical (unpaired) electrons. The molecule has 0 saturated heterocycles. The summed E-state index contributed by atoms with van der Waals surface area (Å²) < 4.78 is 53.2. The second kappa shape index (κ2) is 6.58. The van der Waals surface area contributed by atoms with Gasteiger partial charge in [0.2, 0.25) is 0 Å². The minimum absolute atomic E-state index is 0.00544. The fourth-order valence-corrected chi connectivity index (χ4v) is 2.38. The lowest BCUT2D eigenvalue weighted by molar-refractivity contribution is -0.137. The standard InChI is InChI=1S/C17H12F4N4O/c18-10-5-3-9(4-6-10)14-11(17(19,20)21)8-12(22)15(25-14)16(26)24-13-2-1-7-23-13/h1-6,8H,7,22H2,(H,23,24,26). The van der Waals surface area contributed by atoms with Crippen LogP contribution >= 0.6 is 0 Å². The van der Waals surface area contributed by atoms with E-state index in [2.05, 4.69) is 15.3 Å². The highest BCUT2D eigenvalue weighted by Crippen LogP contribution is 2.37. The number of benzene rings is 1. The minimum Gasteiger partial charge on any atom is -0.397 e. The first kappa shape index (κ1) is 17.6. The topological polar surface area (TPSA) is 80.4 Å². The number of hydrogen-bond acceptors (Lipinski definition) is 4. The number of aliphatic imine (C=N–C) groups is 1. The number of carbonyl (C=O) groups is 1. The van der Waals surface area contributed by atoms with Crippen LogP contribution in [-0.4, -0.2) is 23.3 Å². The van der Waals surface area contributed by atoms with Gasteiger partial charge in [-0.2, -0.15) is 13.2 Å². The predicted octanol–water partition coefficient (Wildman–Crippen LogP) is 3.19. The van der Waals surface area contributed by atoms with E-state index in [0.29, 0.717) is 12.6 Å². The molecule has 1 aliphatic rings. The first-order chi connectivity index (χ1) is 12.3. The maximum absolute atomic E-state index is 13.4. The summed E-state index contributed by atoms with van der Waals surface area (Å²) in [5.74, 6) is -1.13. The van der Waals surface area contributed by atoms with Crippen molar-refractivity contribution < 1.29 is 22.4 Å². The molecule has 9 heteroatoms. The number of nitrogens with two attached hydrogens (primary N) is 1. The van der Waals surface area contributed by atoms with Gasteiger partial charge in [-0.1, -0.05) is 6.08 Å². The number of amides is 1. The number of nitrogens with one attached hydrogen (secondary N) is 1. The van der Waals surface area contributed by atoms with E-state index in [1.54, 1.807) is 12.2 Å². The molecule has 0 spiro atoms.